The Morgan fingerprint density at radius 2 is 1.87 bits per heavy atom. The number of benzene rings is 1. The first-order chi connectivity index (χ1) is 11.0. The van der Waals surface area contributed by atoms with E-state index in [4.69, 9.17) is 18.9 Å². The molecule has 1 saturated heterocycles. The first-order valence-corrected chi connectivity index (χ1v) is 7.22. The lowest BCUT2D eigenvalue weighted by Gasteiger charge is -2.47. The smallest absolute Gasteiger partial charge is 0.261 e. The molecule has 1 aliphatic rings. The summed E-state index contributed by atoms with van der Waals surface area (Å²) < 4.78 is 21.0. The van der Waals surface area contributed by atoms with Gasteiger partial charge in [-0.25, -0.2) is 0 Å². The van der Waals surface area contributed by atoms with Gasteiger partial charge in [0.05, 0.1) is 6.61 Å². The molecule has 0 saturated carbocycles. The fourth-order valence-corrected chi connectivity index (χ4v) is 2.85. The minimum Gasteiger partial charge on any atom is -0.387 e. The van der Waals surface area contributed by atoms with Gasteiger partial charge in [-0.15, -0.1) is 0 Å². The number of carbonyl (C=O) groups is 1. The topological polar surface area (TPSA) is 94.5 Å². The Kier molecular flexibility index (Phi) is 5.85. The molecule has 1 aliphatic heterocycles. The molecule has 0 bridgehead atoms. The molecule has 1 aromatic carbocycles. The van der Waals surface area contributed by atoms with Crippen LogP contribution in [0.2, 0.25) is 0 Å². The van der Waals surface area contributed by atoms with E-state index in [-0.39, 0.29) is 12.2 Å². The lowest BCUT2D eigenvalue weighted by Crippen LogP contribution is -2.69. The Balaban J connectivity index is 2.38. The van der Waals surface area contributed by atoms with Crippen molar-refractivity contribution < 1.29 is 34.0 Å². The number of aliphatic hydroxyl groups is 2. The molecule has 2 rings (SSSR count). The Hall–Kier alpha value is -1.35. The van der Waals surface area contributed by atoms with Crippen LogP contribution in [0.1, 0.15) is 10.4 Å². The van der Waals surface area contributed by atoms with Crippen LogP contribution in [0, 0.1) is 0 Å². The second-order valence-corrected chi connectivity index (χ2v) is 5.35. The van der Waals surface area contributed by atoms with Gasteiger partial charge in [-0.2, -0.15) is 0 Å². The minimum absolute atomic E-state index is 0.0381. The first kappa shape index (κ1) is 18.0. The number of Topliss-reactive ketones (excluding diaryl/α,β-unsaturated/α-hetero) is 1. The van der Waals surface area contributed by atoms with Gasteiger partial charge in [0.15, 0.2) is 0 Å². The Labute approximate surface area is 134 Å². The number of hydrogen-bond acceptors (Lipinski definition) is 7. The van der Waals surface area contributed by atoms with E-state index in [2.05, 4.69) is 0 Å². The van der Waals surface area contributed by atoms with Crippen molar-refractivity contribution in [3.05, 3.63) is 35.9 Å². The molecule has 0 spiro atoms. The van der Waals surface area contributed by atoms with Crippen molar-refractivity contribution in [1.29, 1.82) is 0 Å². The van der Waals surface area contributed by atoms with Crippen LogP contribution in [0.25, 0.3) is 0 Å². The van der Waals surface area contributed by atoms with Crippen molar-refractivity contribution in [2.24, 2.45) is 0 Å². The Bertz CT molecular complexity index is 518. The van der Waals surface area contributed by atoms with Crippen molar-refractivity contribution in [2.45, 2.75) is 30.2 Å². The first-order valence-electron chi connectivity index (χ1n) is 7.22. The van der Waals surface area contributed by atoms with Gasteiger partial charge in [0.25, 0.3) is 5.79 Å². The summed E-state index contributed by atoms with van der Waals surface area (Å²) in [7, 11) is 4.13. The highest BCUT2D eigenvalue weighted by Gasteiger charge is 2.58. The molecule has 23 heavy (non-hydrogen) atoms. The molecule has 0 unspecified atom stereocenters. The van der Waals surface area contributed by atoms with Gasteiger partial charge in [-0.1, -0.05) is 30.3 Å². The van der Waals surface area contributed by atoms with Crippen LogP contribution in [0.5, 0.6) is 0 Å². The van der Waals surface area contributed by atoms with Gasteiger partial charge < -0.3 is 29.2 Å². The highest BCUT2D eigenvalue weighted by Crippen LogP contribution is 2.34. The van der Waals surface area contributed by atoms with E-state index in [0.717, 1.165) is 0 Å². The molecule has 0 aromatic heterocycles. The van der Waals surface area contributed by atoms with Crippen LogP contribution in [0.3, 0.4) is 0 Å². The van der Waals surface area contributed by atoms with Crippen LogP contribution in [-0.2, 0) is 18.9 Å². The highest BCUT2D eigenvalue weighted by atomic mass is 16.7. The lowest BCUT2D eigenvalue weighted by atomic mass is 9.87. The molecule has 0 radical (unpaired) electrons. The molecule has 0 aliphatic carbocycles. The summed E-state index contributed by atoms with van der Waals surface area (Å²) in [6.07, 6.45) is -4.20. The third kappa shape index (κ3) is 3.30. The van der Waals surface area contributed by atoms with E-state index in [0.29, 0.717) is 0 Å². The molecule has 7 nitrogen and oxygen atoms in total. The highest BCUT2D eigenvalue weighted by molar-refractivity contribution is 6.02. The monoisotopic (exact) mass is 326 g/mol. The van der Waals surface area contributed by atoms with Gasteiger partial charge in [0.1, 0.15) is 24.4 Å². The van der Waals surface area contributed by atoms with Crippen molar-refractivity contribution in [3.8, 4) is 0 Å². The maximum atomic E-state index is 12.7. The maximum absolute atomic E-state index is 12.7. The van der Waals surface area contributed by atoms with Gasteiger partial charge >= 0.3 is 0 Å². The second kappa shape index (κ2) is 7.48. The average molecular weight is 326 g/mol. The standard InChI is InChI=1S/C16H22O7/c1-20-9-11-13(21-2)12(17)15(22-3)16(19,23-11)14(18)10-7-5-4-6-8-10/h4-8,11-13,15,17,19H,9H2,1-3H3/t11-,12+,13+,15-,16-/m1/s1. The molecular formula is C16H22O7. The van der Waals surface area contributed by atoms with Crippen molar-refractivity contribution in [3.63, 3.8) is 0 Å². The van der Waals surface area contributed by atoms with Crippen LogP contribution in [0.15, 0.2) is 30.3 Å². The molecule has 1 aromatic rings. The van der Waals surface area contributed by atoms with E-state index in [1.807, 2.05) is 0 Å². The number of carbonyl (C=O) groups excluding carboxylic acids is 1. The Morgan fingerprint density at radius 1 is 1.22 bits per heavy atom. The van der Waals surface area contributed by atoms with Gasteiger partial charge in [-0.05, 0) is 0 Å². The fraction of sp³-hybridized carbons (Fsp3) is 0.562. The van der Waals surface area contributed by atoms with Gasteiger partial charge in [0.2, 0.25) is 5.78 Å². The molecule has 1 fully saturated rings. The molecule has 5 atom stereocenters. The minimum atomic E-state index is -2.34. The second-order valence-electron chi connectivity index (χ2n) is 5.35. The van der Waals surface area contributed by atoms with E-state index in [1.54, 1.807) is 30.3 Å². The van der Waals surface area contributed by atoms with Crippen LogP contribution in [-0.4, -0.2) is 74.1 Å². The van der Waals surface area contributed by atoms with E-state index < -0.39 is 36.0 Å². The molecule has 1 heterocycles. The predicted octanol–water partition coefficient (Wildman–Crippen LogP) is -0.00600. The third-order valence-electron chi connectivity index (χ3n) is 3.95. The lowest BCUT2D eigenvalue weighted by molar-refractivity contribution is -0.330. The van der Waals surface area contributed by atoms with E-state index >= 15 is 0 Å². The van der Waals surface area contributed by atoms with Crippen molar-refractivity contribution in [2.75, 3.05) is 27.9 Å². The van der Waals surface area contributed by atoms with Crippen molar-refractivity contribution in [1.82, 2.24) is 0 Å². The normalized spacial score (nSPS) is 34.3. The van der Waals surface area contributed by atoms with E-state index in [1.165, 1.54) is 21.3 Å². The molecule has 128 valence electrons. The number of rotatable bonds is 6. The number of ether oxygens (including phenoxy) is 4. The quantitative estimate of drug-likeness (QED) is 0.710. The number of aliphatic hydroxyl groups excluding tert-OH is 1. The fourth-order valence-electron chi connectivity index (χ4n) is 2.85. The number of hydrogen-bond donors (Lipinski definition) is 2. The summed E-state index contributed by atoms with van der Waals surface area (Å²) in [6.45, 7) is 0.0381. The average Bonchev–Trinajstić information content (AvgIpc) is 2.55. The zero-order chi connectivity index (χ0) is 17.0. The molecule has 0 amide bonds. The van der Waals surface area contributed by atoms with Gasteiger partial charge in [0, 0.05) is 26.9 Å². The summed E-state index contributed by atoms with van der Waals surface area (Å²) in [4.78, 5) is 12.7. The van der Waals surface area contributed by atoms with Crippen LogP contribution >= 0.6 is 0 Å². The maximum Gasteiger partial charge on any atom is 0.261 e. The predicted molar refractivity (Wildman–Crippen MR) is 80.1 cm³/mol. The molecule has 2 N–H and O–H groups in total. The SMILES string of the molecule is COC[C@H]1O[C@](O)(C(=O)c2ccccc2)[C@H](OC)[C@@H](O)[C@H]1OC. The third-order valence-corrected chi connectivity index (χ3v) is 3.95. The van der Waals surface area contributed by atoms with E-state index in [9.17, 15) is 15.0 Å². The Morgan fingerprint density at radius 3 is 2.39 bits per heavy atom. The summed E-state index contributed by atoms with van der Waals surface area (Å²) in [6, 6.07) is 8.19. The molecular weight excluding hydrogens is 304 g/mol. The zero-order valence-corrected chi connectivity index (χ0v) is 13.3. The zero-order valence-electron chi connectivity index (χ0n) is 13.3. The summed E-state index contributed by atoms with van der Waals surface area (Å²) >= 11 is 0. The van der Waals surface area contributed by atoms with Crippen LogP contribution < -0.4 is 0 Å². The van der Waals surface area contributed by atoms with Crippen molar-refractivity contribution >= 4 is 5.78 Å². The summed E-state index contributed by atoms with van der Waals surface area (Å²) in [5, 5.41) is 21.3. The number of methoxy groups -OCH3 is 3. The summed E-state index contributed by atoms with van der Waals surface area (Å²) in [5.74, 6) is -3.03. The largest absolute Gasteiger partial charge is 0.387 e. The van der Waals surface area contributed by atoms with Crippen LogP contribution in [0.4, 0.5) is 0 Å². The number of ketones is 1. The summed E-state index contributed by atoms with van der Waals surface area (Å²) in [5.41, 5.74) is 0.247. The molecule has 7 heteroatoms. The van der Waals surface area contributed by atoms with Gasteiger partial charge in [-0.3, -0.25) is 4.79 Å².